The number of hydrogen-bond donors (Lipinski definition) is 0. The van der Waals surface area contributed by atoms with Crippen molar-refractivity contribution in [3.05, 3.63) is 35.9 Å². The molecule has 0 saturated carbocycles. The summed E-state index contributed by atoms with van der Waals surface area (Å²) in [6.07, 6.45) is -0.254. The quantitative estimate of drug-likeness (QED) is 0.613. The fraction of sp³-hybridized carbons (Fsp3) is 0.250. The predicted molar refractivity (Wildman–Crippen MR) is 44.1 cm³/mol. The molecule has 1 aromatic carbocycles. The Labute approximate surface area is 71.1 Å². The van der Waals surface area contributed by atoms with E-state index in [4.69, 9.17) is 0 Å². The van der Waals surface area contributed by atoms with E-state index in [1.807, 2.05) is 30.3 Å². The molecule has 1 unspecified atom stereocenters. The van der Waals surface area contributed by atoms with Crippen LogP contribution in [0.15, 0.2) is 30.3 Å². The standard InChI is InChI=1S/C8H8O3S/c9-12(10)6-8(11-12)7-4-2-1-3-5-7/h1-5,8H,6H2. The zero-order valence-electron chi connectivity index (χ0n) is 6.30. The van der Waals surface area contributed by atoms with Crippen molar-refractivity contribution >= 4 is 10.1 Å². The Bertz CT molecular complexity index is 357. The fourth-order valence-electron chi connectivity index (χ4n) is 1.17. The maximum absolute atomic E-state index is 10.6. The highest BCUT2D eigenvalue weighted by Gasteiger charge is 2.35. The van der Waals surface area contributed by atoms with Crippen molar-refractivity contribution < 1.29 is 12.6 Å². The lowest BCUT2D eigenvalue weighted by Crippen LogP contribution is -2.31. The molecule has 0 aromatic heterocycles. The molecule has 3 nitrogen and oxygen atoms in total. The van der Waals surface area contributed by atoms with Gasteiger partial charge in [0.05, 0.1) is 0 Å². The topological polar surface area (TPSA) is 43.4 Å². The zero-order valence-corrected chi connectivity index (χ0v) is 7.12. The van der Waals surface area contributed by atoms with E-state index in [1.54, 1.807) is 0 Å². The van der Waals surface area contributed by atoms with Crippen molar-refractivity contribution in [2.45, 2.75) is 6.10 Å². The van der Waals surface area contributed by atoms with Crippen LogP contribution in [0, 0.1) is 0 Å². The van der Waals surface area contributed by atoms with Gasteiger partial charge in [0.25, 0.3) is 10.1 Å². The molecule has 12 heavy (non-hydrogen) atoms. The summed E-state index contributed by atoms with van der Waals surface area (Å²) in [5.41, 5.74) is 0.923. The molecule has 1 saturated heterocycles. The van der Waals surface area contributed by atoms with Crippen LogP contribution in [0.1, 0.15) is 11.7 Å². The largest absolute Gasteiger partial charge is 0.270 e. The number of rotatable bonds is 1. The monoisotopic (exact) mass is 184 g/mol. The second-order valence-corrected chi connectivity index (χ2v) is 4.36. The minimum Gasteiger partial charge on any atom is -0.261 e. The van der Waals surface area contributed by atoms with Crippen molar-refractivity contribution in [3.8, 4) is 0 Å². The molecule has 1 atom stereocenters. The van der Waals surface area contributed by atoms with Crippen LogP contribution in [0.2, 0.25) is 0 Å². The molecule has 4 heteroatoms. The van der Waals surface area contributed by atoms with Crippen LogP contribution >= 0.6 is 0 Å². The minimum atomic E-state index is -3.18. The molecule has 0 spiro atoms. The van der Waals surface area contributed by atoms with Crippen LogP contribution in [0.4, 0.5) is 0 Å². The Morgan fingerprint density at radius 1 is 1.25 bits per heavy atom. The highest BCUT2D eigenvalue weighted by Crippen LogP contribution is 2.30. The molecule has 0 bridgehead atoms. The molecule has 0 amide bonds. The predicted octanol–water partition coefficient (Wildman–Crippen LogP) is 1.09. The van der Waals surface area contributed by atoms with Gasteiger partial charge in [-0.05, 0) is 5.56 Å². The average Bonchev–Trinajstić information content (AvgIpc) is 2.02. The molecule has 2 rings (SSSR count). The maximum Gasteiger partial charge on any atom is 0.270 e. The summed E-state index contributed by atoms with van der Waals surface area (Å²) in [6, 6.07) is 9.34. The Morgan fingerprint density at radius 3 is 2.33 bits per heavy atom. The van der Waals surface area contributed by atoms with Gasteiger partial charge in [0.2, 0.25) is 0 Å². The Balaban J connectivity index is 2.16. The van der Waals surface area contributed by atoms with E-state index < -0.39 is 10.1 Å². The third-order valence-electron chi connectivity index (χ3n) is 1.79. The first kappa shape index (κ1) is 7.76. The highest BCUT2D eigenvalue weighted by molar-refractivity contribution is 7.87. The fourth-order valence-corrected chi connectivity index (χ4v) is 2.19. The van der Waals surface area contributed by atoms with E-state index in [9.17, 15) is 8.42 Å². The zero-order chi connectivity index (χ0) is 8.60. The molecular weight excluding hydrogens is 176 g/mol. The van der Waals surface area contributed by atoms with Crippen molar-refractivity contribution in [2.24, 2.45) is 0 Å². The lowest BCUT2D eigenvalue weighted by Gasteiger charge is -2.25. The summed E-state index contributed by atoms with van der Waals surface area (Å²) >= 11 is 0. The van der Waals surface area contributed by atoms with E-state index >= 15 is 0 Å². The van der Waals surface area contributed by atoms with Gasteiger partial charge in [-0.15, -0.1) is 0 Å². The van der Waals surface area contributed by atoms with Crippen molar-refractivity contribution in [1.29, 1.82) is 0 Å². The minimum absolute atomic E-state index is 0.108. The molecule has 0 aliphatic carbocycles. The van der Waals surface area contributed by atoms with E-state index in [-0.39, 0.29) is 11.9 Å². The first-order valence-electron chi connectivity index (χ1n) is 3.63. The molecule has 0 radical (unpaired) electrons. The molecule has 64 valence electrons. The number of benzene rings is 1. The normalized spacial score (nSPS) is 26.2. The Kier molecular flexibility index (Phi) is 1.66. The third kappa shape index (κ3) is 1.35. The van der Waals surface area contributed by atoms with E-state index in [0.29, 0.717) is 0 Å². The Hall–Kier alpha value is -0.870. The molecule has 1 aliphatic rings. The Morgan fingerprint density at radius 2 is 1.83 bits per heavy atom. The molecule has 0 N–H and O–H groups in total. The van der Waals surface area contributed by atoms with Gasteiger partial charge < -0.3 is 0 Å². The first-order valence-corrected chi connectivity index (χ1v) is 5.21. The lowest BCUT2D eigenvalue weighted by atomic mass is 10.1. The summed E-state index contributed by atoms with van der Waals surface area (Å²) in [5.74, 6) is 0.108. The van der Waals surface area contributed by atoms with Gasteiger partial charge in [0.15, 0.2) is 0 Å². The summed E-state index contributed by atoms with van der Waals surface area (Å²) in [5, 5.41) is 0. The van der Waals surface area contributed by atoms with Crippen LogP contribution in [0.25, 0.3) is 0 Å². The SMILES string of the molecule is O=S1(=O)CC(c2ccccc2)O1. The average molecular weight is 184 g/mol. The third-order valence-corrected chi connectivity index (χ3v) is 3.03. The second-order valence-electron chi connectivity index (χ2n) is 2.72. The van der Waals surface area contributed by atoms with E-state index in [0.717, 1.165) is 5.56 Å². The van der Waals surface area contributed by atoms with Gasteiger partial charge in [-0.3, -0.25) is 4.18 Å². The van der Waals surface area contributed by atoms with Gasteiger partial charge in [0.1, 0.15) is 11.9 Å². The highest BCUT2D eigenvalue weighted by atomic mass is 32.2. The van der Waals surface area contributed by atoms with E-state index in [1.165, 1.54) is 0 Å². The summed E-state index contributed by atoms with van der Waals surface area (Å²) < 4.78 is 26.0. The molecule has 1 aliphatic heterocycles. The van der Waals surface area contributed by atoms with Crippen LogP contribution in [0.5, 0.6) is 0 Å². The summed E-state index contributed by atoms with van der Waals surface area (Å²) in [6.45, 7) is 0. The molecular formula is C8H8O3S. The van der Waals surface area contributed by atoms with Crippen LogP contribution in [-0.4, -0.2) is 14.2 Å². The summed E-state index contributed by atoms with van der Waals surface area (Å²) in [7, 11) is -3.18. The second kappa shape index (κ2) is 2.57. The van der Waals surface area contributed by atoms with Crippen molar-refractivity contribution in [1.82, 2.24) is 0 Å². The van der Waals surface area contributed by atoms with Crippen LogP contribution in [-0.2, 0) is 14.3 Å². The molecule has 1 heterocycles. The van der Waals surface area contributed by atoms with E-state index in [2.05, 4.69) is 4.18 Å². The lowest BCUT2D eigenvalue weighted by molar-refractivity contribution is 0.183. The van der Waals surface area contributed by atoms with Gasteiger partial charge in [-0.1, -0.05) is 30.3 Å². The van der Waals surface area contributed by atoms with Gasteiger partial charge in [0, 0.05) is 0 Å². The first-order chi connectivity index (χ1) is 5.67. The maximum atomic E-state index is 10.6. The molecule has 1 fully saturated rings. The van der Waals surface area contributed by atoms with Gasteiger partial charge >= 0.3 is 0 Å². The smallest absolute Gasteiger partial charge is 0.261 e. The molecule has 1 aromatic rings. The van der Waals surface area contributed by atoms with Crippen molar-refractivity contribution in [2.75, 3.05) is 5.75 Å². The van der Waals surface area contributed by atoms with Crippen LogP contribution in [0.3, 0.4) is 0 Å². The van der Waals surface area contributed by atoms with Gasteiger partial charge in [-0.25, -0.2) is 0 Å². The van der Waals surface area contributed by atoms with Gasteiger partial charge in [-0.2, -0.15) is 8.42 Å². The number of hydrogen-bond acceptors (Lipinski definition) is 3. The van der Waals surface area contributed by atoms with Crippen molar-refractivity contribution in [3.63, 3.8) is 0 Å². The summed E-state index contributed by atoms with van der Waals surface area (Å²) in [4.78, 5) is 0. The van der Waals surface area contributed by atoms with Crippen LogP contribution < -0.4 is 0 Å².